The smallest absolute Gasteiger partial charge is 0.349 e. The number of anilines is 1. The van der Waals surface area contributed by atoms with E-state index >= 15 is 24.0 Å². The van der Waals surface area contributed by atoms with Gasteiger partial charge in [-0.3, -0.25) is 68.2 Å². The molecule has 7 aliphatic rings. The van der Waals surface area contributed by atoms with Gasteiger partial charge in [0.05, 0.1) is 52.8 Å². The van der Waals surface area contributed by atoms with Crippen molar-refractivity contribution >= 4 is 106 Å². The normalized spacial score (nSPS) is 25.5. The van der Waals surface area contributed by atoms with Gasteiger partial charge >= 0.3 is 17.5 Å². The second-order valence-electron chi connectivity index (χ2n) is 31.3. The Kier molecular flexibility index (Phi) is 29.4. The molecule has 1 aromatic heterocycles. The number of primary amides is 2. The number of ether oxygens (including phenoxy) is 6. The van der Waals surface area contributed by atoms with Crippen LogP contribution in [0.2, 0.25) is 15.1 Å². The first kappa shape index (κ1) is 94.7. The van der Waals surface area contributed by atoms with Crippen LogP contribution in [-0.4, -0.2) is 220 Å². The molecule has 0 unspecified atom stereocenters. The average Bonchev–Trinajstić information content (AvgIpc) is 0.762. The molecule has 128 heavy (non-hydrogen) atoms. The number of fused-ring (bicyclic) bond motifs is 15. The number of benzene rings is 6. The molecule has 7 aromatic rings. The summed E-state index contributed by atoms with van der Waals surface area (Å²) < 4.78 is 54.6. The molecule has 2 saturated heterocycles. The monoisotopic (exact) mass is 1840 g/mol. The Bertz CT molecular complexity index is 5590. The lowest BCUT2D eigenvalue weighted by Crippen LogP contribution is -2.65. The molecule has 2 fully saturated rings. The van der Waals surface area contributed by atoms with Crippen molar-refractivity contribution in [3.05, 3.63) is 174 Å². The van der Waals surface area contributed by atoms with E-state index in [9.17, 15) is 83.9 Å². The highest BCUT2D eigenvalue weighted by Crippen LogP contribution is 2.50. The maximum atomic E-state index is 16.3. The molecule has 0 aliphatic carbocycles. The SMILES string of the molecule is CN[C@H](CC(C)C)C(=O)N[C@H]1C(=O)N[C@@H](CC(N)=O)C(=O)N[C@H]2C(=O)N[C@H]3C(=O)N[C@H](C(=O)N[C@@H](C(=O)NNC(=O)C(N)=O)c4cc(O)cc(O)c4-c4cc3ccc4O)[C@H](O)c3ccc(c(Cl)c3)Oc3cc2cc(c3O[C@@H]2O[C@H](CO)[C@@H](O)[C@H](O)[C@H]2O[C@H]2C[C@](C)(NCCn3ccc(NC(=O)Cc4ccc(Cl)c(F)c4)nc3=O)[C@H](O)[C@H](C)O2)Oc2ccc(cc2Cl)[C@H]1O. The van der Waals surface area contributed by atoms with Gasteiger partial charge in [0.2, 0.25) is 59.3 Å². The molecule has 6 aromatic carbocycles. The second kappa shape index (κ2) is 39.8. The number of amides is 11. The number of aromatic nitrogens is 2. The Morgan fingerprint density at radius 1 is 0.703 bits per heavy atom. The highest BCUT2D eigenvalue weighted by molar-refractivity contribution is 6.34. The van der Waals surface area contributed by atoms with Crippen molar-refractivity contribution in [2.24, 2.45) is 17.4 Å². The van der Waals surface area contributed by atoms with Crippen molar-refractivity contribution in [2.75, 3.05) is 25.5 Å². The predicted octanol–water partition coefficient (Wildman–Crippen LogP) is -0.484. The molecule has 14 rings (SSSR count). The van der Waals surface area contributed by atoms with Crippen LogP contribution >= 0.6 is 34.8 Å². The van der Waals surface area contributed by atoms with Gasteiger partial charge in [-0.2, -0.15) is 4.98 Å². The number of aromatic hydroxyl groups is 3. The Hall–Kier alpha value is -12.5. The van der Waals surface area contributed by atoms with Crippen LogP contribution in [0.1, 0.15) is 111 Å². The van der Waals surface area contributed by atoms with Crippen LogP contribution in [0, 0.1) is 11.7 Å². The maximum absolute atomic E-state index is 16.3. The summed E-state index contributed by atoms with van der Waals surface area (Å²) >= 11 is 20.1. The third kappa shape index (κ3) is 21.3. The predicted molar refractivity (Wildman–Crippen MR) is 443 cm³/mol. The number of hydrogen-bond donors (Lipinski definition) is 22. The van der Waals surface area contributed by atoms with Crippen molar-refractivity contribution < 1.29 is 132 Å². The van der Waals surface area contributed by atoms with Gasteiger partial charge in [-0.15, -0.1) is 0 Å². The molecule has 0 spiro atoms. The van der Waals surface area contributed by atoms with Gasteiger partial charge in [0, 0.05) is 48.4 Å². The largest absolute Gasteiger partial charge is 0.508 e. The summed E-state index contributed by atoms with van der Waals surface area (Å²) in [4.78, 5) is 175. The summed E-state index contributed by atoms with van der Waals surface area (Å²) in [6.07, 6.45) is -19.0. The first-order valence-electron chi connectivity index (χ1n) is 39.5. The zero-order valence-corrected chi connectivity index (χ0v) is 70.4. The standard InChI is InChI=1S/C82H89Cl3FN15O27/c1-31(2)18-45(89-5)72(114)97-62-64(108)35-8-12-49(42(84)22-35)124-51-24-37-25-52(68(51)128-80-69(67(111)66(110)53(30-102)126-80)127-57-29-82(4,70(112)32(3)123-57)90-15-17-101-16-14-55(93-81(101)122)92-56(107)20-33-6-10-41(83)44(86)19-33)125-50-13-9-36(23-43(50)85)65(109)63-77(119)96-61(78(120)99-100-79(121)71(88)113)40-26-38(103)27-48(105)58(40)39-21-34(7-11-47(39)104)59(74(116)98-63)95-75(117)60(37)94-73(115)46(28-54(87)106)91-76(62)118/h6-14,16,19,21-27,31-32,45-46,53,57,59-67,69-70,80,89-90,102-105,108-112H,15,17-18,20,28-30H2,1-5H3,(H2,87,106)(H2,88,113)(H,91,118)(H,94,115)(H,95,117)(H,96,119)(H,97,114)(H,98,116)(H,99,120)(H,100,121)(H,92,93,107,122)/t32-,45+,46-,53+,57-,59+,60+,61+,62+,63-,64+,65+,66+,67-,69+,70+,80-,82-/m0/s1. The van der Waals surface area contributed by atoms with E-state index in [2.05, 4.69) is 52.8 Å². The fourth-order valence-electron chi connectivity index (χ4n) is 15.1. The number of nitrogens with zero attached hydrogens (tertiary/aromatic N) is 2. The lowest BCUT2D eigenvalue weighted by atomic mass is 9.85. The zero-order valence-electron chi connectivity index (χ0n) is 68.2. The number of hydrogen-bond acceptors (Lipinski definition) is 30. The van der Waals surface area contributed by atoms with E-state index in [1.807, 2.05) is 5.43 Å². The molecule has 7 aliphatic heterocycles. The van der Waals surface area contributed by atoms with Crippen molar-refractivity contribution in [3.8, 4) is 57.1 Å². The molecule has 0 saturated carbocycles. The zero-order chi connectivity index (χ0) is 92.9. The van der Waals surface area contributed by atoms with Crippen molar-refractivity contribution in [1.82, 2.24) is 62.9 Å². The van der Waals surface area contributed by atoms with Crippen LogP contribution in [0.3, 0.4) is 0 Å². The van der Waals surface area contributed by atoms with Crippen LogP contribution in [0.5, 0.6) is 46.0 Å². The number of carbonyl (C=O) groups is 11. The lowest BCUT2D eigenvalue weighted by Gasteiger charge is -2.48. The second-order valence-corrected chi connectivity index (χ2v) is 32.5. The van der Waals surface area contributed by atoms with E-state index in [0.717, 1.165) is 78.9 Å². The molecule has 0 radical (unpaired) electrons. The van der Waals surface area contributed by atoms with E-state index in [0.29, 0.717) is 0 Å². The molecule has 682 valence electrons. The highest BCUT2D eigenvalue weighted by Gasteiger charge is 2.52. The Balaban J connectivity index is 1.00. The van der Waals surface area contributed by atoms with Gasteiger partial charge in [-0.25, -0.2) is 9.18 Å². The first-order valence-corrected chi connectivity index (χ1v) is 40.6. The fourth-order valence-corrected chi connectivity index (χ4v) is 15.6. The third-order valence-corrected chi connectivity index (χ3v) is 22.5. The van der Waals surface area contributed by atoms with E-state index < -0.39 is 283 Å². The Morgan fingerprint density at radius 2 is 1.35 bits per heavy atom. The maximum Gasteiger partial charge on any atom is 0.349 e. The Labute approximate surface area is 739 Å². The molecule has 42 nitrogen and oxygen atoms in total. The minimum atomic E-state index is -2.45. The van der Waals surface area contributed by atoms with Crippen LogP contribution in [-0.2, 0) is 79.9 Å². The minimum absolute atomic E-state index is 0.0797. The first-order chi connectivity index (χ1) is 60.6. The number of aliphatic hydroxyl groups is 6. The van der Waals surface area contributed by atoms with Gasteiger partial charge in [0.1, 0.15) is 107 Å². The molecule has 18 atom stereocenters. The highest BCUT2D eigenvalue weighted by atomic mass is 35.5. The topological polar surface area (TPSA) is 644 Å². The molecular formula is C82H89Cl3FN15O27. The number of nitrogens with one attached hydrogen (secondary N) is 11. The summed E-state index contributed by atoms with van der Waals surface area (Å²) in [5.74, 6) is -21.5. The fraction of sp³-hybridized carbons (Fsp3) is 0.378. The van der Waals surface area contributed by atoms with Gasteiger partial charge in [-0.1, -0.05) is 72.9 Å². The van der Waals surface area contributed by atoms with Gasteiger partial charge < -0.3 is 134 Å². The molecular weight excluding hydrogens is 1750 g/mol. The Morgan fingerprint density at radius 3 is 1.98 bits per heavy atom. The molecule has 46 heteroatoms. The number of rotatable bonds is 20. The van der Waals surface area contributed by atoms with Crippen LogP contribution in [0.25, 0.3) is 11.1 Å². The number of halogens is 4. The average molecular weight is 1840 g/mol. The summed E-state index contributed by atoms with van der Waals surface area (Å²) in [6, 6.07) is 3.27. The third-order valence-electron chi connectivity index (χ3n) is 21.6. The van der Waals surface area contributed by atoms with Crippen molar-refractivity contribution in [2.45, 2.75) is 169 Å². The van der Waals surface area contributed by atoms with E-state index in [1.54, 1.807) is 26.2 Å². The van der Waals surface area contributed by atoms with E-state index in [1.165, 1.54) is 49.0 Å². The molecule has 8 heterocycles. The molecule has 11 bridgehead atoms. The summed E-state index contributed by atoms with van der Waals surface area (Å²) in [6.45, 7) is 5.38. The number of nitrogens with two attached hydrogens (primary N) is 2. The van der Waals surface area contributed by atoms with Crippen molar-refractivity contribution in [1.29, 1.82) is 0 Å². The number of carbonyl (C=O) groups excluding carboxylic acids is 11. The quantitative estimate of drug-likeness (QED) is 0.0338. The van der Waals surface area contributed by atoms with Crippen LogP contribution in [0.4, 0.5) is 10.2 Å². The van der Waals surface area contributed by atoms with Crippen LogP contribution in [0.15, 0.2) is 114 Å². The van der Waals surface area contributed by atoms with E-state index in [-0.39, 0.29) is 65.8 Å². The van der Waals surface area contributed by atoms with E-state index in [4.69, 9.17) is 74.7 Å². The number of phenolic OH excluding ortho intramolecular Hbond substituents is 3. The number of aliphatic hydroxyl groups excluding tert-OH is 6. The van der Waals surface area contributed by atoms with Gasteiger partial charge in [-0.05, 0) is 139 Å². The van der Waals surface area contributed by atoms with Crippen molar-refractivity contribution in [3.63, 3.8) is 0 Å². The number of likely N-dealkylation sites (N-methyl/N-ethyl adjacent to an activating group) is 1. The van der Waals surface area contributed by atoms with Gasteiger partial charge in [0.25, 0.3) is 5.91 Å². The van der Waals surface area contributed by atoms with Crippen LogP contribution < -0.4 is 90.1 Å². The lowest BCUT2D eigenvalue weighted by molar-refractivity contribution is -0.334. The summed E-state index contributed by atoms with van der Waals surface area (Å²) in [5, 5.41) is 129. The molecule has 24 N–H and O–H groups in total. The minimum Gasteiger partial charge on any atom is -0.508 e. The number of phenols is 3. The summed E-state index contributed by atoms with van der Waals surface area (Å²) in [5.41, 5.74) is 9.16. The van der Waals surface area contributed by atoms with Gasteiger partial charge in [0.15, 0.2) is 23.9 Å². The summed E-state index contributed by atoms with van der Waals surface area (Å²) in [7, 11) is 1.45. The number of hydrazine groups is 1. The molecule has 11 amide bonds.